The van der Waals surface area contributed by atoms with E-state index in [4.69, 9.17) is 4.52 Å². The van der Waals surface area contributed by atoms with Gasteiger partial charge in [-0.15, -0.1) is 0 Å². The molecule has 1 aromatic rings. The molecular weight excluding hydrogens is 208 g/mol. The first-order valence-electron chi connectivity index (χ1n) is 5.49. The first-order chi connectivity index (χ1) is 7.65. The van der Waals surface area contributed by atoms with Crippen molar-refractivity contribution in [3.8, 4) is 0 Å². The van der Waals surface area contributed by atoms with Crippen molar-refractivity contribution < 1.29 is 9.32 Å². The number of carbonyl (C=O) groups excluding carboxylic acids is 1. The van der Waals surface area contributed by atoms with Gasteiger partial charge in [0.2, 0.25) is 5.91 Å². The Balaban J connectivity index is 1.92. The highest BCUT2D eigenvalue weighted by molar-refractivity contribution is 5.90. The van der Waals surface area contributed by atoms with Gasteiger partial charge in [0, 0.05) is 12.0 Å². The van der Waals surface area contributed by atoms with Crippen LogP contribution in [0.25, 0.3) is 0 Å². The minimum Gasteiger partial charge on any atom is -0.315 e. The number of piperidine rings is 1. The summed E-state index contributed by atoms with van der Waals surface area (Å²) >= 11 is 0. The van der Waals surface area contributed by atoms with Gasteiger partial charge in [0.15, 0.2) is 5.82 Å². The molecule has 0 aromatic carbocycles. The molecule has 2 atom stereocenters. The maximum absolute atomic E-state index is 11.9. The van der Waals surface area contributed by atoms with Crippen LogP contribution in [0.4, 0.5) is 6.01 Å². The van der Waals surface area contributed by atoms with Crippen LogP contribution in [0.2, 0.25) is 0 Å². The molecule has 1 aromatic heterocycles. The van der Waals surface area contributed by atoms with Crippen LogP contribution in [-0.4, -0.2) is 28.6 Å². The summed E-state index contributed by atoms with van der Waals surface area (Å²) in [5.41, 5.74) is 0. The zero-order chi connectivity index (χ0) is 11.5. The molecule has 6 heteroatoms. The smallest absolute Gasteiger partial charge is 0.315 e. The third kappa shape index (κ3) is 2.57. The van der Waals surface area contributed by atoms with Gasteiger partial charge in [-0.05, 0) is 33.2 Å². The van der Waals surface area contributed by atoms with Gasteiger partial charge < -0.3 is 9.84 Å². The van der Waals surface area contributed by atoms with Crippen LogP contribution in [0.3, 0.4) is 0 Å². The number of aromatic nitrogens is 2. The summed E-state index contributed by atoms with van der Waals surface area (Å²) in [7, 11) is 0. The summed E-state index contributed by atoms with van der Waals surface area (Å²) in [6, 6.07) is 0.572. The second-order valence-electron chi connectivity index (χ2n) is 4.21. The van der Waals surface area contributed by atoms with Crippen molar-refractivity contribution in [2.24, 2.45) is 5.92 Å². The molecule has 88 valence electrons. The van der Waals surface area contributed by atoms with E-state index in [9.17, 15) is 4.79 Å². The molecule has 0 spiro atoms. The zero-order valence-electron chi connectivity index (χ0n) is 9.49. The third-order valence-corrected chi connectivity index (χ3v) is 2.75. The number of carbonyl (C=O) groups is 1. The lowest BCUT2D eigenvalue weighted by Gasteiger charge is -2.26. The summed E-state index contributed by atoms with van der Waals surface area (Å²) in [5.74, 6) is 0.523. The Morgan fingerprint density at radius 3 is 3.06 bits per heavy atom. The molecule has 2 heterocycles. The number of rotatable bonds is 2. The summed E-state index contributed by atoms with van der Waals surface area (Å²) in [5, 5.41) is 9.57. The fraction of sp³-hybridized carbons (Fsp3) is 0.700. The number of hydrogen-bond donors (Lipinski definition) is 2. The lowest BCUT2D eigenvalue weighted by molar-refractivity contribution is -0.121. The van der Waals surface area contributed by atoms with Crippen molar-refractivity contribution in [1.82, 2.24) is 15.5 Å². The van der Waals surface area contributed by atoms with Crippen molar-refractivity contribution in [3.05, 3.63) is 5.82 Å². The van der Waals surface area contributed by atoms with Crippen LogP contribution in [0.1, 0.15) is 25.6 Å². The lowest BCUT2D eigenvalue weighted by Crippen LogP contribution is -2.40. The average molecular weight is 224 g/mol. The zero-order valence-corrected chi connectivity index (χ0v) is 9.49. The van der Waals surface area contributed by atoms with Crippen molar-refractivity contribution in [2.75, 3.05) is 11.9 Å². The molecule has 1 fully saturated rings. The molecule has 0 aliphatic carbocycles. The maximum Gasteiger partial charge on any atom is 0.328 e. The molecule has 6 nitrogen and oxygen atoms in total. The van der Waals surface area contributed by atoms with Gasteiger partial charge in [-0.25, -0.2) is 0 Å². The highest BCUT2D eigenvalue weighted by atomic mass is 16.5. The van der Waals surface area contributed by atoms with Crippen LogP contribution >= 0.6 is 0 Å². The van der Waals surface area contributed by atoms with E-state index in [0.29, 0.717) is 11.9 Å². The van der Waals surface area contributed by atoms with Crippen molar-refractivity contribution >= 4 is 11.9 Å². The third-order valence-electron chi connectivity index (χ3n) is 2.75. The van der Waals surface area contributed by atoms with Crippen LogP contribution in [0, 0.1) is 12.8 Å². The molecule has 0 bridgehead atoms. The van der Waals surface area contributed by atoms with Gasteiger partial charge >= 0.3 is 6.01 Å². The molecule has 0 saturated carbocycles. The van der Waals surface area contributed by atoms with Crippen molar-refractivity contribution in [3.63, 3.8) is 0 Å². The SMILES string of the molecule is Cc1noc(NC(=O)C2CCNC(C)C2)n1. The predicted octanol–water partition coefficient (Wildman–Crippen LogP) is 0.705. The van der Waals surface area contributed by atoms with E-state index >= 15 is 0 Å². The minimum atomic E-state index is -0.0306. The first kappa shape index (κ1) is 11.1. The molecule has 1 saturated heterocycles. The van der Waals surface area contributed by atoms with Gasteiger partial charge in [0.25, 0.3) is 0 Å². The summed E-state index contributed by atoms with van der Waals surface area (Å²) < 4.78 is 4.84. The molecule has 1 aliphatic rings. The molecule has 2 rings (SSSR count). The fourth-order valence-corrected chi connectivity index (χ4v) is 1.93. The van der Waals surface area contributed by atoms with Crippen molar-refractivity contribution in [2.45, 2.75) is 32.7 Å². The van der Waals surface area contributed by atoms with Crippen LogP contribution in [0.15, 0.2) is 4.52 Å². The number of nitrogens with zero attached hydrogens (tertiary/aromatic N) is 2. The first-order valence-corrected chi connectivity index (χ1v) is 5.49. The Kier molecular flexibility index (Phi) is 3.19. The number of amides is 1. The monoisotopic (exact) mass is 224 g/mol. The van der Waals surface area contributed by atoms with E-state index in [1.807, 2.05) is 0 Å². The largest absolute Gasteiger partial charge is 0.328 e. The van der Waals surface area contributed by atoms with Gasteiger partial charge in [-0.3, -0.25) is 10.1 Å². The normalized spacial score (nSPS) is 25.4. The average Bonchev–Trinajstić information content (AvgIpc) is 2.64. The Morgan fingerprint density at radius 2 is 2.44 bits per heavy atom. The van der Waals surface area contributed by atoms with E-state index in [2.05, 4.69) is 27.7 Å². The van der Waals surface area contributed by atoms with E-state index in [1.54, 1.807) is 6.92 Å². The highest BCUT2D eigenvalue weighted by Gasteiger charge is 2.25. The van der Waals surface area contributed by atoms with Crippen LogP contribution in [-0.2, 0) is 4.79 Å². The highest BCUT2D eigenvalue weighted by Crippen LogP contribution is 2.17. The maximum atomic E-state index is 11.9. The number of anilines is 1. The molecule has 2 unspecified atom stereocenters. The summed E-state index contributed by atoms with van der Waals surface area (Å²) in [4.78, 5) is 15.8. The Bertz CT molecular complexity index is 377. The Hall–Kier alpha value is -1.43. The standard InChI is InChI=1S/C10H16N4O2/c1-6-5-8(3-4-11-6)9(15)13-10-12-7(2)14-16-10/h6,8,11H,3-5H2,1-2H3,(H,12,13,14,15). The Labute approximate surface area is 93.8 Å². The van der Waals surface area contributed by atoms with Gasteiger partial charge in [0.05, 0.1) is 0 Å². The van der Waals surface area contributed by atoms with Gasteiger partial charge in [0.1, 0.15) is 0 Å². The topological polar surface area (TPSA) is 80.0 Å². The second-order valence-corrected chi connectivity index (χ2v) is 4.21. The molecule has 0 radical (unpaired) electrons. The quantitative estimate of drug-likeness (QED) is 0.773. The summed E-state index contributed by atoms with van der Waals surface area (Å²) in [6.45, 7) is 4.67. The van der Waals surface area contributed by atoms with Crippen LogP contribution in [0.5, 0.6) is 0 Å². The van der Waals surface area contributed by atoms with Gasteiger partial charge in [-0.1, -0.05) is 5.16 Å². The van der Waals surface area contributed by atoms with Gasteiger partial charge in [-0.2, -0.15) is 4.98 Å². The number of hydrogen-bond acceptors (Lipinski definition) is 5. The van der Waals surface area contributed by atoms with Crippen molar-refractivity contribution in [1.29, 1.82) is 0 Å². The molecular formula is C10H16N4O2. The molecule has 1 amide bonds. The minimum absolute atomic E-state index is 0.0306. The van der Waals surface area contributed by atoms with E-state index in [-0.39, 0.29) is 17.8 Å². The van der Waals surface area contributed by atoms with E-state index in [0.717, 1.165) is 19.4 Å². The van der Waals surface area contributed by atoms with E-state index < -0.39 is 0 Å². The molecule has 1 aliphatic heterocycles. The molecule has 2 N–H and O–H groups in total. The second kappa shape index (κ2) is 4.61. The molecule has 16 heavy (non-hydrogen) atoms. The summed E-state index contributed by atoms with van der Waals surface area (Å²) in [6.07, 6.45) is 1.70. The lowest BCUT2D eigenvalue weighted by atomic mass is 9.92. The van der Waals surface area contributed by atoms with E-state index in [1.165, 1.54) is 0 Å². The fourth-order valence-electron chi connectivity index (χ4n) is 1.93. The number of nitrogens with one attached hydrogen (secondary N) is 2. The Morgan fingerprint density at radius 1 is 1.62 bits per heavy atom. The predicted molar refractivity (Wildman–Crippen MR) is 57.9 cm³/mol. The van der Waals surface area contributed by atoms with Crippen LogP contribution < -0.4 is 10.6 Å². The number of aryl methyl sites for hydroxylation is 1.